The fourth-order valence-corrected chi connectivity index (χ4v) is 0.928. The SMILES string of the molecule is O=CNCCCCOP(=O)([O-])O.[HH].[Na+].[Na]. The molecule has 0 aromatic carbocycles. The number of carbonyl (C=O) groups is 1. The minimum atomic E-state index is -4.56. The Balaban J connectivity index is -0.000000202. The van der Waals surface area contributed by atoms with E-state index in [0.29, 0.717) is 25.8 Å². The number of phosphoric acid groups is 1. The van der Waals surface area contributed by atoms with Crippen molar-refractivity contribution in [2.45, 2.75) is 12.8 Å². The minimum absolute atomic E-state index is 0. The third kappa shape index (κ3) is 19.2. The standard InChI is InChI=1S/C5H12NO5P.2Na.H2/c7-5-6-3-1-2-4-11-12(8,9)10;;;/h5H,1-4H2,(H,6,7)(H2,8,9,10);;;1H/q;;+1;/p-1. The number of phosphoric ester groups is 1. The van der Waals surface area contributed by atoms with E-state index < -0.39 is 7.82 Å². The average molecular weight is 244 g/mol. The van der Waals surface area contributed by atoms with E-state index in [0.717, 1.165) is 0 Å². The van der Waals surface area contributed by atoms with E-state index in [9.17, 15) is 14.3 Å². The summed E-state index contributed by atoms with van der Waals surface area (Å²) in [6.07, 6.45) is 1.64. The Morgan fingerprint density at radius 1 is 1.57 bits per heavy atom. The second-order valence-corrected chi connectivity index (χ2v) is 3.28. The van der Waals surface area contributed by atoms with Crippen molar-refractivity contribution in [3.05, 3.63) is 0 Å². The first-order valence-electron chi connectivity index (χ1n) is 3.41. The molecule has 9 heteroatoms. The van der Waals surface area contributed by atoms with Gasteiger partial charge >= 0.3 is 29.6 Å². The summed E-state index contributed by atoms with van der Waals surface area (Å²) in [5, 5.41) is 2.40. The molecule has 0 spiro atoms. The molecule has 0 aliphatic carbocycles. The summed E-state index contributed by atoms with van der Waals surface area (Å²) in [5.74, 6) is 0. The molecule has 0 fully saturated rings. The van der Waals surface area contributed by atoms with Gasteiger partial charge in [0.1, 0.15) is 0 Å². The first kappa shape index (κ1) is 20.9. The van der Waals surface area contributed by atoms with Crippen LogP contribution >= 0.6 is 7.82 Å². The van der Waals surface area contributed by atoms with Gasteiger partial charge in [0.25, 0.3) is 7.82 Å². The van der Waals surface area contributed by atoms with Crippen molar-refractivity contribution in [2.24, 2.45) is 0 Å². The average Bonchev–Trinajstić information content (AvgIpc) is 1.94. The molecular weight excluding hydrogens is 231 g/mol. The van der Waals surface area contributed by atoms with Crippen LogP contribution in [0.5, 0.6) is 0 Å². The van der Waals surface area contributed by atoms with Crippen LogP contribution in [0.25, 0.3) is 0 Å². The van der Waals surface area contributed by atoms with Crippen LogP contribution in [0.1, 0.15) is 14.3 Å². The Morgan fingerprint density at radius 3 is 2.57 bits per heavy atom. The van der Waals surface area contributed by atoms with E-state index in [1.807, 2.05) is 0 Å². The van der Waals surface area contributed by atoms with Gasteiger partial charge in [0.2, 0.25) is 6.41 Å². The third-order valence-electron chi connectivity index (χ3n) is 1.05. The second kappa shape index (κ2) is 12.6. The molecule has 1 radical (unpaired) electrons. The first-order valence-corrected chi connectivity index (χ1v) is 4.91. The van der Waals surface area contributed by atoms with Gasteiger partial charge in [-0.15, -0.1) is 0 Å². The van der Waals surface area contributed by atoms with E-state index >= 15 is 0 Å². The zero-order chi connectivity index (χ0) is 9.45. The zero-order valence-corrected chi connectivity index (χ0v) is 13.3. The minimum Gasteiger partial charge on any atom is -0.756 e. The van der Waals surface area contributed by atoms with Crippen molar-refractivity contribution >= 4 is 43.8 Å². The van der Waals surface area contributed by atoms with Crippen molar-refractivity contribution in [1.29, 1.82) is 0 Å². The Morgan fingerprint density at radius 2 is 2.14 bits per heavy atom. The Labute approximate surface area is 128 Å². The quantitative estimate of drug-likeness (QED) is 0.205. The molecule has 1 unspecified atom stereocenters. The van der Waals surface area contributed by atoms with Gasteiger partial charge in [0, 0.05) is 37.5 Å². The van der Waals surface area contributed by atoms with Crippen LogP contribution in [0.15, 0.2) is 0 Å². The molecule has 75 valence electrons. The predicted molar refractivity (Wildman–Crippen MR) is 46.9 cm³/mol. The summed E-state index contributed by atoms with van der Waals surface area (Å²) >= 11 is 0. The van der Waals surface area contributed by atoms with Crippen LogP contribution < -0.4 is 39.8 Å². The Bertz CT molecular complexity index is 181. The number of nitrogens with one attached hydrogen (secondary N) is 1. The van der Waals surface area contributed by atoms with Gasteiger partial charge in [-0.1, -0.05) is 0 Å². The Kier molecular flexibility index (Phi) is 18.9. The van der Waals surface area contributed by atoms with Crippen LogP contribution in [-0.4, -0.2) is 54.0 Å². The summed E-state index contributed by atoms with van der Waals surface area (Å²) in [6, 6.07) is 0. The molecule has 0 rings (SSSR count). The maximum absolute atomic E-state index is 10.0. The van der Waals surface area contributed by atoms with Crippen LogP contribution in [0.2, 0.25) is 0 Å². The normalized spacial score (nSPS) is 13.0. The molecule has 1 atom stereocenters. The molecule has 0 saturated heterocycles. The molecule has 0 saturated carbocycles. The number of carbonyl (C=O) groups excluding carboxylic acids is 1. The van der Waals surface area contributed by atoms with Crippen molar-refractivity contribution < 1.29 is 54.7 Å². The van der Waals surface area contributed by atoms with Crippen LogP contribution in [-0.2, 0) is 13.9 Å². The predicted octanol–water partition coefficient (Wildman–Crippen LogP) is -4.14. The summed E-state index contributed by atoms with van der Waals surface area (Å²) in [7, 11) is -4.56. The summed E-state index contributed by atoms with van der Waals surface area (Å²) < 4.78 is 14.1. The molecule has 0 aromatic heterocycles. The van der Waals surface area contributed by atoms with Crippen LogP contribution in [0, 0.1) is 0 Å². The molecule has 6 nitrogen and oxygen atoms in total. The molecule has 0 heterocycles. The van der Waals surface area contributed by atoms with Gasteiger partial charge in [0.15, 0.2) is 0 Å². The molecule has 0 aromatic rings. The van der Waals surface area contributed by atoms with Crippen molar-refractivity contribution in [2.75, 3.05) is 13.2 Å². The van der Waals surface area contributed by atoms with Gasteiger partial charge in [0.05, 0.1) is 6.61 Å². The molecule has 2 N–H and O–H groups in total. The topological polar surface area (TPSA) is 98.7 Å². The fraction of sp³-hybridized carbons (Fsp3) is 0.800. The largest absolute Gasteiger partial charge is 1.00 e. The zero-order valence-electron chi connectivity index (χ0n) is 8.43. The van der Waals surface area contributed by atoms with Gasteiger partial charge in [-0.3, -0.25) is 9.36 Å². The van der Waals surface area contributed by atoms with Crippen molar-refractivity contribution in [3.8, 4) is 0 Å². The number of hydrogen-bond acceptors (Lipinski definition) is 4. The van der Waals surface area contributed by atoms with Crippen LogP contribution in [0.3, 0.4) is 0 Å². The second-order valence-electron chi connectivity index (χ2n) is 2.08. The van der Waals surface area contributed by atoms with Gasteiger partial charge in [-0.25, -0.2) is 0 Å². The van der Waals surface area contributed by atoms with Gasteiger partial charge in [-0.05, 0) is 12.8 Å². The smallest absolute Gasteiger partial charge is 0.756 e. The molecule has 1 amide bonds. The summed E-state index contributed by atoms with van der Waals surface area (Å²) in [4.78, 5) is 27.9. The summed E-state index contributed by atoms with van der Waals surface area (Å²) in [5.41, 5.74) is 0. The van der Waals surface area contributed by atoms with E-state index in [2.05, 4.69) is 9.84 Å². The molecule has 0 aliphatic heterocycles. The van der Waals surface area contributed by atoms with E-state index in [1.165, 1.54) is 0 Å². The molecule has 0 aliphatic rings. The van der Waals surface area contributed by atoms with Gasteiger partial charge < -0.3 is 19.6 Å². The molecule has 14 heavy (non-hydrogen) atoms. The van der Waals surface area contributed by atoms with E-state index in [1.54, 1.807) is 0 Å². The van der Waals surface area contributed by atoms with E-state index in [4.69, 9.17) is 4.89 Å². The Hall–Kier alpha value is 1.58. The fourth-order valence-electron chi connectivity index (χ4n) is 0.568. The number of unbranched alkanes of at least 4 members (excludes halogenated alkanes) is 1. The number of hydrogen-bond donors (Lipinski definition) is 2. The summed E-state index contributed by atoms with van der Waals surface area (Å²) in [6.45, 7) is 0.416. The number of rotatable bonds is 7. The monoisotopic (exact) mass is 244 g/mol. The van der Waals surface area contributed by atoms with E-state index in [-0.39, 0.29) is 67.1 Å². The molecular formula is C5H13NNa2O5P. The maximum Gasteiger partial charge on any atom is 1.00 e. The van der Waals surface area contributed by atoms with Gasteiger partial charge in [-0.2, -0.15) is 0 Å². The van der Waals surface area contributed by atoms with Crippen molar-refractivity contribution in [1.82, 2.24) is 5.32 Å². The molecule has 0 bridgehead atoms. The maximum atomic E-state index is 10.0. The third-order valence-corrected chi connectivity index (χ3v) is 1.56. The number of amides is 1. The van der Waals surface area contributed by atoms with Crippen molar-refractivity contribution in [3.63, 3.8) is 0 Å². The first-order chi connectivity index (χ1) is 5.56. The van der Waals surface area contributed by atoms with Crippen LogP contribution in [0.4, 0.5) is 0 Å².